The van der Waals surface area contributed by atoms with Gasteiger partial charge in [0.15, 0.2) is 9.84 Å². The van der Waals surface area contributed by atoms with Crippen LogP contribution in [0.15, 0.2) is 105 Å². The van der Waals surface area contributed by atoms with Gasteiger partial charge in [-0.2, -0.15) is 0 Å². The van der Waals surface area contributed by atoms with Gasteiger partial charge in [-0.25, -0.2) is 8.42 Å². The average Bonchev–Trinajstić information content (AvgIpc) is 3.47. The molecule has 7 nitrogen and oxygen atoms in total. The fourth-order valence-electron chi connectivity index (χ4n) is 4.62. The van der Waals surface area contributed by atoms with E-state index in [1.54, 1.807) is 6.07 Å². The second-order valence-corrected chi connectivity index (χ2v) is 12.8. The maximum absolute atomic E-state index is 12.4. The largest absolute Gasteiger partial charge is 0.494 e. The highest BCUT2D eigenvalue weighted by Crippen LogP contribution is 2.32. The van der Waals surface area contributed by atoms with Gasteiger partial charge < -0.3 is 14.6 Å². The molecule has 3 aromatic rings. The zero-order valence-electron chi connectivity index (χ0n) is 24.0. The van der Waals surface area contributed by atoms with E-state index < -0.39 is 9.84 Å². The molecule has 0 saturated heterocycles. The average molecular weight is 608 g/mol. The zero-order valence-corrected chi connectivity index (χ0v) is 25.6. The molecule has 2 N–H and O–H groups in total. The van der Waals surface area contributed by atoms with Gasteiger partial charge in [0.05, 0.1) is 18.1 Å². The predicted octanol–water partition coefficient (Wildman–Crippen LogP) is 7.44. The summed E-state index contributed by atoms with van der Waals surface area (Å²) in [5, 5.41) is 12.6. The minimum Gasteiger partial charge on any atom is -0.494 e. The van der Waals surface area contributed by atoms with Gasteiger partial charge in [0.2, 0.25) is 5.88 Å². The van der Waals surface area contributed by atoms with E-state index in [9.17, 15) is 18.3 Å². The van der Waals surface area contributed by atoms with Crippen molar-refractivity contribution in [3.63, 3.8) is 0 Å². The number of nitrogens with one attached hydrogen (secondary N) is 1. The summed E-state index contributed by atoms with van der Waals surface area (Å²) in [5.41, 5.74) is 4.52. The molecule has 4 rings (SSSR count). The molecule has 2 heterocycles. The summed E-state index contributed by atoms with van der Waals surface area (Å²) in [5.74, 6) is 1.29. The Labute approximate surface area is 251 Å². The number of benzene rings is 2. The number of H-pyrrole nitrogens is 1. The number of allylic oxidation sites excluding steroid dienone is 5. The van der Waals surface area contributed by atoms with Crippen molar-refractivity contribution in [1.29, 1.82) is 0 Å². The predicted molar refractivity (Wildman–Crippen MR) is 169 cm³/mol. The van der Waals surface area contributed by atoms with E-state index in [2.05, 4.69) is 11.9 Å². The van der Waals surface area contributed by atoms with Crippen molar-refractivity contribution in [2.24, 2.45) is 0 Å². The molecule has 1 aromatic heterocycles. The van der Waals surface area contributed by atoms with Crippen LogP contribution in [-0.2, 0) is 21.0 Å². The molecule has 0 atom stereocenters. The number of aromatic hydroxyl groups is 1. The topological polar surface area (TPSA) is 106 Å². The molecule has 222 valence electrons. The van der Waals surface area contributed by atoms with Crippen LogP contribution in [0.25, 0.3) is 10.4 Å². The van der Waals surface area contributed by atoms with Gasteiger partial charge in [-0.3, -0.25) is 9.78 Å². The Morgan fingerprint density at radius 2 is 1.81 bits per heavy atom. The second-order valence-electron chi connectivity index (χ2n) is 10.1. The summed E-state index contributed by atoms with van der Waals surface area (Å²) >= 11 is 0.953. The minimum atomic E-state index is -3.37. The molecule has 0 unspecified atom stereocenters. The first-order chi connectivity index (χ1) is 20.2. The molecular weight excluding hydrogens is 570 g/mol. The van der Waals surface area contributed by atoms with Crippen LogP contribution >= 0.6 is 11.3 Å². The van der Waals surface area contributed by atoms with E-state index in [0.717, 1.165) is 60.3 Å². The highest BCUT2D eigenvalue weighted by Gasteiger charge is 2.18. The molecular formula is C33H37NO6S2. The lowest BCUT2D eigenvalue weighted by Crippen LogP contribution is -2.02. The van der Waals surface area contributed by atoms with Crippen molar-refractivity contribution >= 4 is 21.2 Å². The highest BCUT2D eigenvalue weighted by molar-refractivity contribution is 7.97. The van der Waals surface area contributed by atoms with Gasteiger partial charge in [-0.15, -0.1) is 0 Å². The molecule has 1 aliphatic heterocycles. The molecule has 0 bridgehead atoms. The van der Waals surface area contributed by atoms with Crippen molar-refractivity contribution in [2.45, 2.75) is 52.4 Å². The first-order valence-electron chi connectivity index (χ1n) is 14.1. The van der Waals surface area contributed by atoms with Gasteiger partial charge in [0, 0.05) is 16.4 Å². The Balaban J connectivity index is 1.30. The van der Waals surface area contributed by atoms with Crippen LogP contribution < -0.4 is 9.61 Å². The van der Waals surface area contributed by atoms with Crippen LogP contribution in [-0.4, -0.2) is 31.7 Å². The smallest absolute Gasteiger partial charge is 0.307 e. The summed E-state index contributed by atoms with van der Waals surface area (Å²) in [6, 6.07) is 17.3. The fourth-order valence-corrected chi connectivity index (χ4v) is 6.65. The number of rotatable bonds is 15. The number of hydrogen-bond donors (Lipinski definition) is 2. The van der Waals surface area contributed by atoms with E-state index in [1.165, 1.54) is 16.4 Å². The summed E-state index contributed by atoms with van der Waals surface area (Å²) in [4.78, 5) is 14.1. The summed E-state index contributed by atoms with van der Waals surface area (Å²) in [6.07, 6.45) is 8.57. The number of ether oxygens (including phenoxy) is 2. The van der Waals surface area contributed by atoms with Crippen molar-refractivity contribution in [1.82, 2.24) is 4.98 Å². The first-order valence-corrected chi connectivity index (χ1v) is 16.5. The van der Waals surface area contributed by atoms with Crippen LogP contribution in [0, 0.1) is 0 Å². The van der Waals surface area contributed by atoms with E-state index in [-0.39, 0.29) is 10.8 Å². The van der Waals surface area contributed by atoms with Gasteiger partial charge >= 0.3 is 4.87 Å². The fraction of sp³-hybridized carbons (Fsp3) is 0.303. The molecule has 0 saturated carbocycles. The summed E-state index contributed by atoms with van der Waals surface area (Å²) in [6.45, 7) is 5.16. The monoisotopic (exact) mass is 607 g/mol. The van der Waals surface area contributed by atoms with Crippen molar-refractivity contribution in [3.05, 3.63) is 115 Å². The number of thiazole rings is 1. The molecule has 0 amide bonds. The number of aromatic amines is 1. The van der Waals surface area contributed by atoms with E-state index in [4.69, 9.17) is 9.47 Å². The van der Waals surface area contributed by atoms with Crippen LogP contribution in [0.4, 0.5) is 0 Å². The third-order valence-electron chi connectivity index (χ3n) is 6.75. The lowest BCUT2D eigenvalue weighted by Gasteiger charge is -2.12. The molecule has 0 radical (unpaired) electrons. The standard InChI is InChI=1S/C33H37NO6S2/c1-3-10-24(2)30(18-17-28-23-42(37,38)22-27(28)16-15-25-11-5-4-6-12-25)40-20-8-7-19-39-29-14-9-13-26(21-29)31-32(35)34-33(36)41-31/h4-6,9,11-14,17-18,21-23,35H,3,7-8,10,15-16,19-20H2,1-2H3,(H,34,36). The van der Waals surface area contributed by atoms with Gasteiger partial charge in [0.1, 0.15) is 11.5 Å². The SMILES string of the molecule is CCCC(C)=C(C=CC1=CS(=O)(=O)C=C1CCc1ccccc1)OCCCCOc1cccc(-c2sc(=O)[nH]c2O)c1. The van der Waals surface area contributed by atoms with Crippen molar-refractivity contribution in [3.8, 4) is 22.1 Å². The maximum Gasteiger partial charge on any atom is 0.307 e. The van der Waals surface area contributed by atoms with E-state index in [0.29, 0.717) is 41.4 Å². The van der Waals surface area contributed by atoms with Crippen LogP contribution in [0.5, 0.6) is 11.6 Å². The van der Waals surface area contributed by atoms with E-state index in [1.807, 2.05) is 67.6 Å². The normalized spacial score (nSPS) is 14.9. The Hall–Kier alpha value is -3.82. The highest BCUT2D eigenvalue weighted by atomic mass is 32.2. The van der Waals surface area contributed by atoms with Gasteiger partial charge in [-0.05, 0) is 79.5 Å². The molecule has 1 aliphatic rings. The van der Waals surface area contributed by atoms with Crippen molar-refractivity contribution < 1.29 is 23.0 Å². The number of aromatic nitrogens is 1. The van der Waals surface area contributed by atoms with E-state index >= 15 is 0 Å². The minimum absolute atomic E-state index is 0.138. The molecule has 2 aromatic carbocycles. The lowest BCUT2D eigenvalue weighted by molar-refractivity contribution is 0.202. The Bertz CT molecular complexity index is 1640. The molecule has 0 fully saturated rings. The van der Waals surface area contributed by atoms with Crippen LogP contribution in [0.3, 0.4) is 0 Å². The van der Waals surface area contributed by atoms with Crippen LogP contribution in [0.1, 0.15) is 51.5 Å². The second kappa shape index (κ2) is 14.9. The third-order valence-corrected chi connectivity index (χ3v) is 8.86. The summed E-state index contributed by atoms with van der Waals surface area (Å²) < 4.78 is 36.8. The molecule has 0 spiro atoms. The number of unbranched alkanes of at least 4 members (excludes halogenated alkanes) is 1. The Morgan fingerprint density at radius 3 is 2.55 bits per heavy atom. The van der Waals surface area contributed by atoms with Crippen molar-refractivity contribution in [2.75, 3.05) is 13.2 Å². The summed E-state index contributed by atoms with van der Waals surface area (Å²) in [7, 11) is -3.37. The number of sulfone groups is 1. The van der Waals surface area contributed by atoms with Crippen LogP contribution in [0.2, 0.25) is 0 Å². The van der Waals surface area contributed by atoms with Gasteiger partial charge in [0.25, 0.3) is 0 Å². The zero-order chi connectivity index (χ0) is 30.0. The maximum atomic E-state index is 12.4. The Kier molecular flexibility index (Phi) is 11.0. The Morgan fingerprint density at radius 1 is 1.02 bits per heavy atom. The molecule has 0 aliphatic carbocycles. The first kappa shape index (κ1) is 31.1. The number of hydrogen-bond acceptors (Lipinski definition) is 7. The molecule has 9 heteroatoms. The quantitative estimate of drug-likeness (QED) is 0.106. The number of aryl methyl sites for hydroxylation is 1. The molecule has 42 heavy (non-hydrogen) atoms. The van der Waals surface area contributed by atoms with Gasteiger partial charge in [-0.1, -0.05) is 73.2 Å². The lowest BCUT2D eigenvalue weighted by atomic mass is 10.00. The third kappa shape index (κ3) is 9.09.